The zero-order chi connectivity index (χ0) is 19.3. The number of benzene rings is 1. The molecule has 2 aromatic heterocycles. The average Bonchev–Trinajstić information content (AvgIpc) is 3.12. The number of ether oxygens (including phenoxy) is 2. The van der Waals surface area contributed by atoms with Gasteiger partial charge in [-0.2, -0.15) is 5.10 Å². The minimum absolute atomic E-state index is 0.627. The SMILES string of the molecule is CCOc1coc2cc(OCCC3CCN(c4ccc(C)nn4)CC3)ccc12. The van der Waals surface area contributed by atoms with E-state index >= 15 is 0 Å². The molecule has 6 nitrogen and oxygen atoms in total. The first-order valence-corrected chi connectivity index (χ1v) is 10.0. The van der Waals surface area contributed by atoms with Crippen LogP contribution in [0.1, 0.15) is 31.9 Å². The highest BCUT2D eigenvalue weighted by molar-refractivity contribution is 5.85. The van der Waals surface area contributed by atoms with Crippen LogP contribution < -0.4 is 14.4 Å². The number of hydrogen-bond acceptors (Lipinski definition) is 6. The Labute approximate surface area is 165 Å². The fraction of sp³-hybridized carbons (Fsp3) is 0.455. The van der Waals surface area contributed by atoms with Crippen molar-refractivity contribution < 1.29 is 13.9 Å². The Morgan fingerprint density at radius 2 is 1.96 bits per heavy atom. The summed E-state index contributed by atoms with van der Waals surface area (Å²) in [4.78, 5) is 2.32. The Hall–Kier alpha value is -2.76. The lowest BCUT2D eigenvalue weighted by molar-refractivity contribution is 0.258. The maximum Gasteiger partial charge on any atom is 0.165 e. The topological polar surface area (TPSA) is 60.6 Å². The molecule has 1 saturated heterocycles. The Bertz CT molecular complexity index is 899. The van der Waals surface area contributed by atoms with E-state index in [1.54, 1.807) is 6.26 Å². The Morgan fingerprint density at radius 3 is 2.71 bits per heavy atom. The molecule has 0 radical (unpaired) electrons. The summed E-state index contributed by atoms with van der Waals surface area (Å²) < 4.78 is 17.1. The van der Waals surface area contributed by atoms with Crippen LogP contribution in [0, 0.1) is 12.8 Å². The van der Waals surface area contributed by atoms with Crippen LogP contribution >= 0.6 is 0 Å². The summed E-state index contributed by atoms with van der Waals surface area (Å²) in [5, 5.41) is 9.45. The summed E-state index contributed by atoms with van der Waals surface area (Å²) in [6.45, 7) is 7.34. The van der Waals surface area contributed by atoms with Crippen molar-refractivity contribution >= 4 is 16.8 Å². The predicted molar refractivity (Wildman–Crippen MR) is 109 cm³/mol. The minimum Gasteiger partial charge on any atom is -0.493 e. The zero-order valence-corrected chi connectivity index (χ0v) is 16.6. The van der Waals surface area contributed by atoms with Gasteiger partial charge in [0, 0.05) is 19.2 Å². The van der Waals surface area contributed by atoms with Crippen molar-refractivity contribution in [3.63, 3.8) is 0 Å². The first-order chi connectivity index (χ1) is 13.7. The quantitative estimate of drug-likeness (QED) is 0.595. The normalized spacial score (nSPS) is 15.1. The predicted octanol–water partition coefficient (Wildman–Crippen LogP) is 4.62. The van der Waals surface area contributed by atoms with Gasteiger partial charge in [0.25, 0.3) is 0 Å². The van der Waals surface area contributed by atoms with Crippen molar-refractivity contribution in [1.82, 2.24) is 10.2 Å². The smallest absolute Gasteiger partial charge is 0.165 e. The van der Waals surface area contributed by atoms with Crippen LogP contribution in [0.2, 0.25) is 0 Å². The van der Waals surface area contributed by atoms with Crippen LogP contribution in [-0.2, 0) is 0 Å². The van der Waals surface area contributed by atoms with Gasteiger partial charge in [0.1, 0.15) is 17.6 Å². The standard InChI is InChI=1S/C22H27N3O3/c1-3-26-21-15-28-20-14-18(5-6-19(20)21)27-13-10-17-8-11-25(12-9-17)22-7-4-16(2)23-24-22/h4-7,14-15,17H,3,8-13H2,1-2H3. The van der Waals surface area contributed by atoms with Crippen LogP contribution in [0.4, 0.5) is 5.82 Å². The molecule has 0 aliphatic carbocycles. The fourth-order valence-electron chi connectivity index (χ4n) is 3.70. The number of piperidine rings is 1. The molecule has 1 fully saturated rings. The number of aromatic nitrogens is 2. The summed E-state index contributed by atoms with van der Waals surface area (Å²) in [6, 6.07) is 10.0. The summed E-state index contributed by atoms with van der Waals surface area (Å²) in [6.07, 6.45) is 5.04. The van der Waals surface area contributed by atoms with E-state index < -0.39 is 0 Å². The molecule has 3 heterocycles. The molecule has 1 aromatic carbocycles. The molecule has 1 aliphatic heterocycles. The average molecular weight is 381 g/mol. The number of hydrogen-bond donors (Lipinski definition) is 0. The van der Waals surface area contributed by atoms with E-state index in [2.05, 4.69) is 21.2 Å². The van der Waals surface area contributed by atoms with E-state index in [9.17, 15) is 0 Å². The number of nitrogens with zero attached hydrogens (tertiary/aromatic N) is 3. The second-order valence-corrected chi connectivity index (χ2v) is 7.29. The third-order valence-electron chi connectivity index (χ3n) is 5.33. The first kappa shape index (κ1) is 18.6. The van der Waals surface area contributed by atoms with E-state index in [0.717, 1.165) is 72.9 Å². The van der Waals surface area contributed by atoms with Gasteiger partial charge in [0.15, 0.2) is 11.6 Å². The van der Waals surface area contributed by atoms with Crippen LogP contribution in [0.15, 0.2) is 41.0 Å². The van der Waals surface area contributed by atoms with Gasteiger partial charge in [0.2, 0.25) is 0 Å². The molecular formula is C22H27N3O3. The third kappa shape index (κ3) is 4.21. The van der Waals surface area contributed by atoms with Gasteiger partial charge in [-0.3, -0.25) is 0 Å². The van der Waals surface area contributed by atoms with Crippen molar-refractivity contribution in [2.24, 2.45) is 5.92 Å². The van der Waals surface area contributed by atoms with Gasteiger partial charge >= 0.3 is 0 Å². The van der Waals surface area contributed by atoms with E-state index in [1.165, 1.54) is 0 Å². The highest BCUT2D eigenvalue weighted by Gasteiger charge is 2.20. The van der Waals surface area contributed by atoms with Gasteiger partial charge in [-0.15, -0.1) is 5.10 Å². The molecule has 0 amide bonds. The summed E-state index contributed by atoms with van der Waals surface area (Å²) in [7, 11) is 0. The highest BCUT2D eigenvalue weighted by atomic mass is 16.5. The van der Waals surface area contributed by atoms with E-state index in [0.29, 0.717) is 12.5 Å². The lowest BCUT2D eigenvalue weighted by Gasteiger charge is -2.32. The van der Waals surface area contributed by atoms with Crippen LogP contribution in [0.25, 0.3) is 11.0 Å². The molecule has 0 spiro atoms. The summed E-state index contributed by atoms with van der Waals surface area (Å²) in [5.74, 6) is 3.30. The molecule has 4 rings (SSSR count). The number of furan rings is 1. The lowest BCUT2D eigenvalue weighted by Crippen LogP contribution is -2.34. The van der Waals surface area contributed by atoms with Gasteiger partial charge in [-0.1, -0.05) is 0 Å². The van der Waals surface area contributed by atoms with E-state index in [1.807, 2.05) is 38.1 Å². The third-order valence-corrected chi connectivity index (χ3v) is 5.33. The second-order valence-electron chi connectivity index (χ2n) is 7.29. The Morgan fingerprint density at radius 1 is 1.11 bits per heavy atom. The zero-order valence-electron chi connectivity index (χ0n) is 16.6. The number of fused-ring (bicyclic) bond motifs is 1. The molecule has 3 aromatic rings. The van der Waals surface area contributed by atoms with Crippen LogP contribution in [0.3, 0.4) is 0 Å². The summed E-state index contributed by atoms with van der Waals surface area (Å²) >= 11 is 0. The second kappa shape index (κ2) is 8.50. The lowest BCUT2D eigenvalue weighted by atomic mass is 9.94. The maximum atomic E-state index is 5.97. The fourth-order valence-corrected chi connectivity index (χ4v) is 3.70. The van der Waals surface area contributed by atoms with E-state index in [-0.39, 0.29) is 0 Å². The van der Waals surface area contributed by atoms with Crippen molar-refractivity contribution in [3.05, 3.63) is 42.3 Å². The van der Waals surface area contributed by atoms with Gasteiger partial charge in [0.05, 0.1) is 24.3 Å². The number of anilines is 1. The maximum absolute atomic E-state index is 5.97. The van der Waals surface area contributed by atoms with Crippen LogP contribution in [-0.4, -0.2) is 36.5 Å². The first-order valence-electron chi connectivity index (χ1n) is 10.0. The number of aryl methyl sites for hydroxylation is 1. The molecule has 0 bridgehead atoms. The molecule has 0 N–H and O–H groups in total. The van der Waals surface area contributed by atoms with Crippen molar-refractivity contribution in [1.29, 1.82) is 0 Å². The number of rotatable bonds is 7. The van der Waals surface area contributed by atoms with E-state index in [4.69, 9.17) is 13.9 Å². The molecule has 148 valence electrons. The van der Waals surface area contributed by atoms with Gasteiger partial charge in [-0.25, -0.2) is 0 Å². The molecular weight excluding hydrogens is 354 g/mol. The Balaban J connectivity index is 1.24. The van der Waals surface area contributed by atoms with Gasteiger partial charge in [-0.05, 0) is 63.3 Å². The molecule has 1 aliphatic rings. The monoisotopic (exact) mass is 381 g/mol. The molecule has 0 atom stereocenters. The molecule has 0 unspecified atom stereocenters. The van der Waals surface area contributed by atoms with Crippen molar-refractivity contribution in [2.45, 2.75) is 33.1 Å². The van der Waals surface area contributed by atoms with Gasteiger partial charge < -0.3 is 18.8 Å². The Kier molecular flexibility index (Phi) is 5.65. The highest BCUT2D eigenvalue weighted by Crippen LogP contribution is 2.31. The largest absolute Gasteiger partial charge is 0.493 e. The molecule has 28 heavy (non-hydrogen) atoms. The van der Waals surface area contributed by atoms with Crippen molar-refractivity contribution in [2.75, 3.05) is 31.2 Å². The minimum atomic E-state index is 0.627. The molecule has 6 heteroatoms. The molecule has 0 saturated carbocycles. The summed E-state index contributed by atoms with van der Waals surface area (Å²) in [5.41, 5.74) is 1.76. The van der Waals surface area contributed by atoms with Crippen LogP contribution in [0.5, 0.6) is 11.5 Å². The van der Waals surface area contributed by atoms with Crippen molar-refractivity contribution in [3.8, 4) is 11.5 Å².